The van der Waals surface area contributed by atoms with Crippen molar-refractivity contribution in [3.05, 3.63) is 52.9 Å². The Bertz CT molecular complexity index is 1700. The number of amides is 1. The van der Waals surface area contributed by atoms with Crippen LogP contribution >= 0.6 is 0 Å². The Labute approximate surface area is 382 Å². The molecule has 0 spiro atoms. The molecule has 1 atom stereocenters. The van der Waals surface area contributed by atoms with Gasteiger partial charge >= 0.3 is 0 Å². The van der Waals surface area contributed by atoms with Gasteiger partial charge in [-0.25, -0.2) is 8.60 Å². The van der Waals surface area contributed by atoms with E-state index in [2.05, 4.69) is 110 Å². The zero-order valence-electron chi connectivity index (χ0n) is 44.5. The van der Waals surface area contributed by atoms with Gasteiger partial charge in [-0.3, -0.25) is 9.10 Å². The molecular formula is C55H97BFNO2S. The van der Waals surface area contributed by atoms with Crippen molar-refractivity contribution in [1.29, 1.82) is 0 Å². The van der Waals surface area contributed by atoms with E-state index in [9.17, 15) is 13.4 Å². The van der Waals surface area contributed by atoms with Crippen molar-refractivity contribution < 1.29 is 14.8 Å². The van der Waals surface area contributed by atoms with E-state index in [1.807, 2.05) is 39.8 Å². The number of carbonyl (C=O) groups is 1. The number of nitrogens with zero attached hydrogens (tertiary/aromatic N) is 1. The molecule has 3 nitrogen and oxygen atoms in total. The molecule has 6 rings (SSSR count). The van der Waals surface area contributed by atoms with E-state index in [4.69, 9.17) is 9.22 Å². The lowest BCUT2D eigenvalue weighted by Gasteiger charge is -2.37. The van der Waals surface area contributed by atoms with Gasteiger partial charge in [0.05, 0.1) is 11.1 Å². The third-order valence-electron chi connectivity index (χ3n) is 13.2. The van der Waals surface area contributed by atoms with Crippen molar-refractivity contribution in [2.24, 2.45) is 39.4 Å². The van der Waals surface area contributed by atoms with Crippen LogP contribution in [-0.4, -0.2) is 39.4 Å². The van der Waals surface area contributed by atoms with Gasteiger partial charge in [0.1, 0.15) is 13.7 Å². The van der Waals surface area contributed by atoms with Crippen molar-refractivity contribution in [2.75, 3.05) is 5.75 Å². The number of carbonyl (C=O) groups excluding carboxylic acids is 1. The fourth-order valence-corrected chi connectivity index (χ4v) is 10.8. The SMILES string of the molecule is C=S1(=O)CCC(=O)N1C(C)(C)C.CC(C)(C)C1=CC(F)=CC1.CC(C)(C)C1CCC1.CC(C)(C)C1CCCC1.CC(C)(C)C1CCCCC1.[2H]c1c(C)cc([B])cc1C(C)(C)C. The quantitative estimate of drug-likeness (QED) is 0.192. The minimum atomic E-state index is -2.31. The average Bonchev–Trinajstić information content (AvgIpc) is 3.83. The molecule has 1 saturated heterocycles. The van der Waals surface area contributed by atoms with Crippen LogP contribution in [0.25, 0.3) is 0 Å². The summed E-state index contributed by atoms with van der Waals surface area (Å²) in [5.41, 5.74) is 5.40. The molecule has 4 fully saturated rings. The summed E-state index contributed by atoms with van der Waals surface area (Å²) in [6.45, 7) is 41.4. The second kappa shape index (κ2) is 23.4. The van der Waals surface area contributed by atoms with Gasteiger partial charge in [0.2, 0.25) is 5.91 Å². The summed E-state index contributed by atoms with van der Waals surface area (Å²) in [6.07, 6.45) is 22.1. The summed E-state index contributed by atoms with van der Waals surface area (Å²) in [5.74, 6) is 6.93. The second-order valence-electron chi connectivity index (χ2n) is 25.1. The monoisotopic (exact) mass is 867 g/mol. The highest BCUT2D eigenvalue weighted by Gasteiger charge is 2.38. The fraction of sp³-hybridized carbons (Fsp3) is 0.782. The van der Waals surface area contributed by atoms with Crippen LogP contribution < -0.4 is 5.46 Å². The standard InChI is InChI=1S/C11H15B.C10H20.C9H13F.C9H18.C8H15NO2S.C8H16/c1-8-5-9(11(2,3)4)7-10(12)6-8;1-10(2,3)9-7-5-4-6-8-9;1-9(2,3)7-4-5-8(10)6-7;1-9(2,3)8-6-4-5-7-8;1-8(2,3)9-7(10)5-6-12(9,4)11;1-8(2,3)7-5-4-6-7/h5-7H,1-4H3;9H,4-8H2,1-3H3;5-6H,4H2,1-3H3;8H,4-7H2,1-3H3;4-6H2,1-3H3;7H,4-6H2,1-3H3/i5D;;;;;. The Morgan fingerprint density at radius 1 is 0.689 bits per heavy atom. The van der Waals surface area contributed by atoms with Crippen LogP contribution in [0.2, 0.25) is 0 Å². The van der Waals surface area contributed by atoms with Gasteiger partial charge in [0.25, 0.3) is 0 Å². The number of rotatable bonds is 0. The van der Waals surface area contributed by atoms with E-state index in [-0.39, 0.29) is 28.1 Å². The van der Waals surface area contributed by atoms with Gasteiger partial charge in [-0.1, -0.05) is 177 Å². The van der Waals surface area contributed by atoms with Gasteiger partial charge < -0.3 is 0 Å². The van der Waals surface area contributed by atoms with Gasteiger partial charge in [-0.05, 0) is 141 Å². The number of hydrogen-bond donors (Lipinski definition) is 0. The summed E-state index contributed by atoms with van der Waals surface area (Å²) in [6, 6.07) is 4.36. The molecule has 2 radical (unpaired) electrons. The molecule has 6 heteroatoms. The van der Waals surface area contributed by atoms with Crippen molar-refractivity contribution >= 4 is 34.8 Å². The molecule has 350 valence electrons. The maximum absolute atomic E-state index is 12.5. The fourth-order valence-electron chi connectivity index (χ4n) is 8.69. The highest BCUT2D eigenvalue weighted by atomic mass is 32.2. The summed E-state index contributed by atoms with van der Waals surface area (Å²) in [5, 5.41) is 0. The molecule has 1 amide bonds. The maximum atomic E-state index is 12.5. The maximum Gasteiger partial charge on any atom is 0.235 e. The minimum Gasteiger partial charge on any atom is -0.274 e. The first-order valence-electron chi connectivity index (χ1n) is 24.5. The first-order chi connectivity index (χ1) is 27.9. The molecule has 1 aromatic rings. The van der Waals surface area contributed by atoms with Crippen LogP contribution in [0.5, 0.6) is 0 Å². The van der Waals surface area contributed by atoms with Gasteiger partial charge in [0, 0.05) is 17.7 Å². The van der Waals surface area contributed by atoms with E-state index in [1.54, 1.807) is 12.2 Å². The third-order valence-corrected chi connectivity index (χ3v) is 15.4. The van der Waals surface area contributed by atoms with E-state index in [0.29, 0.717) is 34.5 Å². The number of benzene rings is 1. The molecule has 0 bridgehead atoms. The first kappa shape index (κ1) is 55.3. The van der Waals surface area contributed by atoms with Crippen molar-refractivity contribution in [3.8, 4) is 0 Å². The molecule has 0 aromatic heterocycles. The van der Waals surface area contributed by atoms with E-state index in [0.717, 1.165) is 40.8 Å². The summed E-state index contributed by atoms with van der Waals surface area (Å²) < 4.78 is 33.6. The summed E-state index contributed by atoms with van der Waals surface area (Å²) in [4.78, 5) is 11.3. The molecule has 5 aliphatic rings. The summed E-state index contributed by atoms with van der Waals surface area (Å²) >= 11 is 0. The van der Waals surface area contributed by atoms with Crippen LogP contribution in [0.3, 0.4) is 0 Å². The predicted molar refractivity (Wildman–Crippen MR) is 272 cm³/mol. The largest absolute Gasteiger partial charge is 0.274 e. The highest BCUT2D eigenvalue weighted by Crippen LogP contribution is 2.41. The Morgan fingerprint density at radius 3 is 1.33 bits per heavy atom. The lowest BCUT2D eigenvalue weighted by atomic mass is 9.69. The lowest BCUT2D eigenvalue weighted by molar-refractivity contribution is -0.127. The van der Waals surface area contributed by atoms with Crippen molar-refractivity contribution in [2.45, 2.75) is 232 Å². The highest BCUT2D eigenvalue weighted by molar-refractivity contribution is 7.99. The molecule has 3 saturated carbocycles. The minimum absolute atomic E-state index is 0.00275. The molecule has 4 aliphatic carbocycles. The Hall–Kier alpha value is -1.82. The van der Waals surface area contributed by atoms with Gasteiger partial charge in [-0.15, -0.1) is 0 Å². The van der Waals surface area contributed by atoms with Crippen molar-refractivity contribution in [3.63, 3.8) is 0 Å². The zero-order chi connectivity index (χ0) is 48.3. The zero-order valence-corrected chi connectivity index (χ0v) is 44.3. The Morgan fingerprint density at radius 2 is 1.10 bits per heavy atom. The molecule has 61 heavy (non-hydrogen) atoms. The summed E-state index contributed by atoms with van der Waals surface area (Å²) in [7, 11) is 3.43. The molecule has 1 aliphatic heterocycles. The molecular weight excluding hydrogens is 768 g/mol. The Kier molecular flexibility index (Phi) is 21.2. The van der Waals surface area contributed by atoms with E-state index >= 15 is 0 Å². The predicted octanol–water partition coefficient (Wildman–Crippen LogP) is 15.6. The third kappa shape index (κ3) is 21.6. The van der Waals surface area contributed by atoms with Crippen LogP contribution in [0.1, 0.15) is 227 Å². The molecule has 1 unspecified atom stereocenters. The van der Waals surface area contributed by atoms with E-state index < -0.39 is 9.71 Å². The Balaban J connectivity index is 0.000000374. The number of allylic oxidation sites excluding steroid dienone is 4. The topological polar surface area (TPSA) is 37.4 Å². The van der Waals surface area contributed by atoms with Crippen LogP contribution in [-0.2, 0) is 19.9 Å². The molecule has 1 aromatic carbocycles. The van der Waals surface area contributed by atoms with Crippen LogP contribution in [0.4, 0.5) is 4.39 Å². The first-order valence-corrected chi connectivity index (χ1v) is 25.9. The lowest BCUT2D eigenvalue weighted by Crippen LogP contribution is -2.44. The van der Waals surface area contributed by atoms with Gasteiger partial charge in [-0.2, -0.15) is 0 Å². The number of aryl methyl sites for hydroxylation is 1. The van der Waals surface area contributed by atoms with E-state index in [1.165, 1.54) is 86.9 Å². The van der Waals surface area contributed by atoms with Crippen LogP contribution in [0.15, 0.2) is 41.7 Å². The average molecular weight is 867 g/mol. The second-order valence-corrected chi connectivity index (χ2v) is 27.4. The molecule has 1 heterocycles. The number of hydrogen-bond acceptors (Lipinski definition) is 2. The van der Waals surface area contributed by atoms with Gasteiger partial charge in [0.15, 0.2) is 0 Å². The van der Waals surface area contributed by atoms with Crippen molar-refractivity contribution in [1.82, 2.24) is 4.31 Å². The normalized spacial score (nSPS) is 21.9. The molecule has 0 N–H and O–H groups in total. The smallest absolute Gasteiger partial charge is 0.235 e. The number of halogens is 1. The van der Waals surface area contributed by atoms with Crippen LogP contribution in [0, 0.1) is 46.3 Å².